The molecule has 4 nitrogen and oxygen atoms in total. The van der Waals surface area contributed by atoms with Crippen LogP contribution < -0.4 is 11.1 Å². The molecule has 6 heteroatoms. The fourth-order valence-corrected chi connectivity index (χ4v) is 2.70. The van der Waals surface area contributed by atoms with Crippen LogP contribution in [0.25, 0.3) is 0 Å². The van der Waals surface area contributed by atoms with Gasteiger partial charge in [-0.2, -0.15) is 0 Å². The highest BCUT2D eigenvalue weighted by molar-refractivity contribution is 5.89. The van der Waals surface area contributed by atoms with E-state index in [1.54, 1.807) is 0 Å². The highest BCUT2D eigenvalue weighted by atomic mass is 35.5. The van der Waals surface area contributed by atoms with Gasteiger partial charge in [-0.15, -0.1) is 24.8 Å². The molecular formula is C17H29Cl2N3O. The number of carbonyl (C=O) groups is 1. The van der Waals surface area contributed by atoms with Crippen molar-refractivity contribution in [3.8, 4) is 0 Å². The van der Waals surface area contributed by atoms with Gasteiger partial charge < -0.3 is 11.1 Å². The summed E-state index contributed by atoms with van der Waals surface area (Å²) >= 11 is 0. The first-order chi connectivity index (χ1) is 10.1. The third-order valence-electron chi connectivity index (χ3n) is 4.38. The molecule has 1 amide bonds. The summed E-state index contributed by atoms with van der Waals surface area (Å²) < 4.78 is 0. The second kappa shape index (κ2) is 10.1. The number of rotatable bonds is 8. The Morgan fingerprint density at radius 1 is 1.22 bits per heavy atom. The van der Waals surface area contributed by atoms with Crippen molar-refractivity contribution in [3.05, 3.63) is 35.9 Å². The van der Waals surface area contributed by atoms with Crippen LogP contribution in [0.1, 0.15) is 32.3 Å². The quantitative estimate of drug-likeness (QED) is 0.747. The number of nitrogens with zero attached hydrogens (tertiary/aromatic N) is 1. The molecule has 0 aromatic heterocycles. The second-order valence-corrected chi connectivity index (χ2v) is 5.93. The second-order valence-electron chi connectivity index (χ2n) is 5.93. The van der Waals surface area contributed by atoms with Crippen molar-refractivity contribution in [1.29, 1.82) is 0 Å². The first kappa shape index (κ1) is 22.2. The summed E-state index contributed by atoms with van der Waals surface area (Å²) in [6.07, 6.45) is 2.57. The molecule has 1 saturated carbocycles. The number of benzene rings is 1. The largest absolute Gasteiger partial charge is 0.353 e. The van der Waals surface area contributed by atoms with Crippen molar-refractivity contribution in [2.24, 2.45) is 5.73 Å². The summed E-state index contributed by atoms with van der Waals surface area (Å²) in [4.78, 5) is 14.4. The molecule has 1 fully saturated rings. The highest BCUT2D eigenvalue weighted by Gasteiger charge is 2.45. The van der Waals surface area contributed by atoms with Crippen molar-refractivity contribution in [2.75, 3.05) is 19.6 Å². The van der Waals surface area contributed by atoms with Gasteiger partial charge in [-0.05, 0) is 37.9 Å². The molecule has 0 bridgehead atoms. The van der Waals surface area contributed by atoms with E-state index in [-0.39, 0.29) is 30.7 Å². The molecule has 1 atom stereocenters. The first-order valence-electron chi connectivity index (χ1n) is 7.94. The minimum atomic E-state index is -0.583. The molecule has 0 saturated heterocycles. The number of likely N-dealkylation sites (N-methyl/N-ethyl adjacent to an activating group) is 1. The van der Waals surface area contributed by atoms with Gasteiger partial charge in [0.05, 0.1) is 5.54 Å². The molecule has 1 aliphatic rings. The van der Waals surface area contributed by atoms with Crippen LogP contribution in [0.15, 0.2) is 30.3 Å². The lowest BCUT2D eigenvalue weighted by Crippen LogP contribution is -2.50. The van der Waals surface area contributed by atoms with Gasteiger partial charge in [0.1, 0.15) is 0 Å². The topological polar surface area (TPSA) is 58.4 Å². The normalized spacial score (nSPS) is 16.0. The van der Waals surface area contributed by atoms with E-state index in [1.165, 1.54) is 5.56 Å². The Morgan fingerprint density at radius 3 is 2.26 bits per heavy atom. The van der Waals surface area contributed by atoms with E-state index in [1.807, 2.05) is 6.07 Å². The van der Waals surface area contributed by atoms with E-state index in [0.29, 0.717) is 12.6 Å². The Balaban J connectivity index is 0.00000242. The van der Waals surface area contributed by atoms with Gasteiger partial charge >= 0.3 is 0 Å². The lowest BCUT2D eigenvalue weighted by molar-refractivity contribution is -0.123. The lowest BCUT2D eigenvalue weighted by Gasteiger charge is -2.30. The summed E-state index contributed by atoms with van der Waals surface area (Å²) in [7, 11) is 0. The van der Waals surface area contributed by atoms with Crippen LogP contribution in [0.3, 0.4) is 0 Å². The molecular weight excluding hydrogens is 333 g/mol. The summed E-state index contributed by atoms with van der Waals surface area (Å²) in [6, 6.07) is 10.8. The Kier molecular flexibility index (Phi) is 9.78. The standard InChI is InChI=1S/C17H27N3O.2ClH/c1-3-20(4-2)15(12-14-8-6-5-7-9-14)13-19-16(21)17(18)10-11-17;;/h5-9,15H,3-4,10-13,18H2,1-2H3,(H,19,21);2*1H. The zero-order valence-electron chi connectivity index (χ0n) is 14.0. The van der Waals surface area contributed by atoms with Crippen LogP contribution in [0.2, 0.25) is 0 Å². The first-order valence-corrected chi connectivity index (χ1v) is 7.94. The van der Waals surface area contributed by atoms with Gasteiger partial charge in [0.15, 0.2) is 0 Å². The van der Waals surface area contributed by atoms with E-state index in [2.05, 4.69) is 48.3 Å². The molecule has 0 spiro atoms. The molecule has 0 heterocycles. The van der Waals surface area contributed by atoms with Crippen molar-refractivity contribution >= 4 is 30.7 Å². The lowest BCUT2D eigenvalue weighted by atomic mass is 10.0. The third-order valence-corrected chi connectivity index (χ3v) is 4.38. The number of nitrogens with one attached hydrogen (secondary N) is 1. The maximum atomic E-state index is 12.0. The summed E-state index contributed by atoms with van der Waals surface area (Å²) in [5, 5.41) is 3.05. The van der Waals surface area contributed by atoms with E-state index >= 15 is 0 Å². The Labute approximate surface area is 152 Å². The zero-order chi connectivity index (χ0) is 15.3. The maximum absolute atomic E-state index is 12.0. The minimum absolute atomic E-state index is 0. The van der Waals surface area contributed by atoms with Crippen LogP contribution in [0.5, 0.6) is 0 Å². The fraction of sp³-hybridized carbons (Fsp3) is 0.588. The fourth-order valence-electron chi connectivity index (χ4n) is 2.70. The highest BCUT2D eigenvalue weighted by Crippen LogP contribution is 2.32. The summed E-state index contributed by atoms with van der Waals surface area (Å²) in [6.45, 7) is 6.95. The van der Waals surface area contributed by atoms with E-state index < -0.39 is 5.54 Å². The number of carbonyl (C=O) groups excluding carboxylic acids is 1. The number of hydrogen-bond donors (Lipinski definition) is 2. The molecule has 0 radical (unpaired) electrons. The molecule has 1 unspecified atom stereocenters. The monoisotopic (exact) mass is 361 g/mol. The maximum Gasteiger partial charge on any atom is 0.240 e. The molecule has 1 aromatic carbocycles. The SMILES string of the molecule is CCN(CC)C(CNC(=O)C1(N)CC1)Cc1ccccc1.Cl.Cl. The van der Waals surface area contributed by atoms with Crippen LogP contribution in [-0.4, -0.2) is 42.0 Å². The van der Waals surface area contributed by atoms with Crippen LogP contribution in [0.4, 0.5) is 0 Å². The number of amides is 1. The molecule has 3 N–H and O–H groups in total. The predicted molar refractivity (Wildman–Crippen MR) is 101 cm³/mol. The molecule has 1 aromatic rings. The minimum Gasteiger partial charge on any atom is -0.353 e. The Morgan fingerprint density at radius 2 is 1.78 bits per heavy atom. The van der Waals surface area contributed by atoms with E-state index in [0.717, 1.165) is 32.4 Å². The van der Waals surface area contributed by atoms with Gasteiger partial charge in [-0.25, -0.2) is 0 Å². The van der Waals surface area contributed by atoms with E-state index in [9.17, 15) is 4.79 Å². The van der Waals surface area contributed by atoms with Gasteiger partial charge in [-0.3, -0.25) is 9.69 Å². The Bertz CT molecular complexity index is 462. The van der Waals surface area contributed by atoms with Crippen molar-refractivity contribution in [3.63, 3.8) is 0 Å². The molecule has 132 valence electrons. The summed E-state index contributed by atoms with van der Waals surface area (Å²) in [5.74, 6) is 0.00715. The summed E-state index contributed by atoms with van der Waals surface area (Å²) in [5.41, 5.74) is 6.66. The van der Waals surface area contributed by atoms with E-state index in [4.69, 9.17) is 5.73 Å². The Hall–Kier alpha value is -0.810. The van der Waals surface area contributed by atoms with Crippen LogP contribution in [0, 0.1) is 0 Å². The number of hydrogen-bond acceptors (Lipinski definition) is 3. The van der Waals surface area contributed by atoms with Crippen molar-refractivity contribution in [2.45, 2.75) is 44.7 Å². The smallest absolute Gasteiger partial charge is 0.240 e. The molecule has 1 aliphatic carbocycles. The zero-order valence-corrected chi connectivity index (χ0v) is 15.6. The van der Waals surface area contributed by atoms with Crippen molar-refractivity contribution in [1.82, 2.24) is 10.2 Å². The van der Waals surface area contributed by atoms with Gasteiger partial charge in [-0.1, -0.05) is 44.2 Å². The average molecular weight is 362 g/mol. The van der Waals surface area contributed by atoms with Crippen molar-refractivity contribution < 1.29 is 4.79 Å². The predicted octanol–water partition coefficient (Wildman–Crippen LogP) is 2.39. The van der Waals surface area contributed by atoms with Crippen LogP contribution in [-0.2, 0) is 11.2 Å². The van der Waals surface area contributed by atoms with Crippen LogP contribution >= 0.6 is 24.8 Å². The third kappa shape index (κ3) is 6.30. The van der Waals surface area contributed by atoms with Gasteiger partial charge in [0, 0.05) is 12.6 Å². The molecule has 0 aliphatic heterocycles. The van der Waals surface area contributed by atoms with Gasteiger partial charge in [0.2, 0.25) is 5.91 Å². The number of nitrogens with two attached hydrogens (primary N) is 1. The van der Waals surface area contributed by atoms with Gasteiger partial charge in [0.25, 0.3) is 0 Å². The molecule has 23 heavy (non-hydrogen) atoms. The number of halogens is 2. The molecule has 2 rings (SSSR count). The average Bonchev–Trinajstić information content (AvgIpc) is 3.25.